The molecule has 0 aliphatic rings. The summed E-state index contributed by atoms with van der Waals surface area (Å²) in [5, 5.41) is 7.79. The number of alkyl carbamates (subject to hydrolysis) is 1. The Morgan fingerprint density at radius 1 is 1.08 bits per heavy atom. The minimum Gasteiger partial charge on any atom is -0.444 e. The summed E-state index contributed by atoms with van der Waals surface area (Å²) < 4.78 is 5.05. The summed E-state index contributed by atoms with van der Waals surface area (Å²) in [7, 11) is 0. The number of benzene rings is 1. The maximum Gasteiger partial charge on any atom is 0.408 e. The highest BCUT2D eigenvalue weighted by atomic mass is 16.6. The van der Waals surface area contributed by atoms with Gasteiger partial charge in [0.25, 0.3) is 0 Å². The fourth-order valence-electron chi connectivity index (χ4n) is 1.78. The van der Waals surface area contributed by atoms with E-state index in [0.717, 1.165) is 5.56 Å². The standard InChI is InChI=1S/C18H25N3O4/c1-5-6-15(22)19-11-13-7-9-14(10-8-13)21-16(23)12-20-17(24)25-18(2,3)4/h5-10H,11-12H2,1-4H3,(H,19,22)(H,20,24)(H,21,23)/b6-5+. The number of ether oxygens (including phenoxy) is 1. The first-order chi connectivity index (χ1) is 11.7. The van der Waals surface area contributed by atoms with Crippen molar-refractivity contribution in [2.75, 3.05) is 11.9 Å². The van der Waals surface area contributed by atoms with Gasteiger partial charge in [-0.05, 0) is 51.5 Å². The van der Waals surface area contributed by atoms with Gasteiger partial charge in [-0.1, -0.05) is 18.2 Å². The van der Waals surface area contributed by atoms with Crippen LogP contribution in [0.1, 0.15) is 33.3 Å². The van der Waals surface area contributed by atoms with Crippen molar-refractivity contribution in [2.24, 2.45) is 0 Å². The summed E-state index contributed by atoms with van der Waals surface area (Å²) >= 11 is 0. The summed E-state index contributed by atoms with van der Waals surface area (Å²) in [4.78, 5) is 34.6. The third-order valence-corrected chi connectivity index (χ3v) is 2.81. The SMILES string of the molecule is C/C=C/C(=O)NCc1ccc(NC(=O)CNC(=O)OC(C)(C)C)cc1. The van der Waals surface area contributed by atoms with E-state index in [2.05, 4.69) is 16.0 Å². The number of nitrogens with one attached hydrogen (secondary N) is 3. The number of rotatable bonds is 6. The largest absolute Gasteiger partial charge is 0.444 e. The second-order valence-electron chi connectivity index (χ2n) is 6.32. The molecule has 1 aromatic rings. The maximum atomic E-state index is 11.8. The molecule has 0 aromatic heterocycles. The van der Waals surface area contributed by atoms with E-state index in [1.807, 2.05) is 0 Å². The van der Waals surface area contributed by atoms with Crippen LogP contribution in [0.4, 0.5) is 10.5 Å². The highest BCUT2D eigenvalue weighted by molar-refractivity contribution is 5.93. The van der Waals surface area contributed by atoms with Crippen molar-refractivity contribution < 1.29 is 19.1 Å². The van der Waals surface area contributed by atoms with Crippen LogP contribution in [-0.4, -0.2) is 30.1 Å². The molecule has 0 spiro atoms. The second kappa shape index (κ2) is 9.46. The summed E-state index contributed by atoms with van der Waals surface area (Å²) in [5.41, 5.74) is 0.890. The predicted octanol–water partition coefficient (Wildman–Crippen LogP) is 2.34. The van der Waals surface area contributed by atoms with Crippen molar-refractivity contribution in [1.29, 1.82) is 0 Å². The average Bonchev–Trinajstić information content (AvgIpc) is 2.51. The average molecular weight is 347 g/mol. The molecule has 1 aromatic carbocycles. The van der Waals surface area contributed by atoms with E-state index in [1.54, 1.807) is 58.0 Å². The highest BCUT2D eigenvalue weighted by Gasteiger charge is 2.16. The Morgan fingerprint density at radius 2 is 1.72 bits per heavy atom. The zero-order chi connectivity index (χ0) is 18.9. The molecule has 1 rings (SSSR count). The van der Waals surface area contributed by atoms with Crippen molar-refractivity contribution in [3.05, 3.63) is 42.0 Å². The molecule has 0 radical (unpaired) electrons. The minimum atomic E-state index is -0.644. The van der Waals surface area contributed by atoms with Gasteiger partial charge < -0.3 is 20.7 Å². The topological polar surface area (TPSA) is 96.5 Å². The van der Waals surface area contributed by atoms with Crippen molar-refractivity contribution in [3.8, 4) is 0 Å². The molecule has 0 saturated carbocycles. The van der Waals surface area contributed by atoms with Crippen LogP contribution in [0.15, 0.2) is 36.4 Å². The fourth-order valence-corrected chi connectivity index (χ4v) is 1.78. The van der Waals surface area contributed by atoms with E-state index in [4.69, 9.17) is 4.74 Å². The molecule has 3 N–H and O–H groups in total. The van der Waals surface area contributed by atoms with Crippen LogP contribution in [-0.2, 0) is 20.9 Å². The molecule has 0 saturated heterocycles. The lowest BCUT2D eigenvalue weighted by molar-refractivity contribution is -0.117. The van der Waals surface area contributed by atoms with Gasteiger partial charge in [0.05, 0.1) is 0 Å². The molecule has 7 heteroatoms. The van der Waals surface area contributed by atoms with E-state index < -0.39 is 11.7 Å². The Kier molecular flexibility index (Phi) is 7.65. The normalized spacial score (nSPS) is 11.0. The van der Waals surface area contributed by atoms with E-state index in [-0.39, 0.29) is 18.4 Å². The van der Waals surface area contributed by atoms with Crippen LogP contribution in [0.2, 0.25) is 0 Å². The number of anilines is 1. The lowest BCUT2D eigenvalue weighted by Gasteiger charge is -2.19. The van der Waals surface area contributed by atoms with Gasteiger partial charge >= 0.3 is 6.09 Å². The van der Waals surface area contributed by atoms with Gasteiger partial charge in [-0.25, -0.2) is 4.79 Å². The van der Waals surface area contributed by atoms with Gasteiger partial charge in [0, 0.05) is 12.2 Å². The third kappa shape index (κ3) is 9.14. The number of carbonyl (C=O) groups is 3. The van der Waals surface area contributed by atoms with Crippen molar-refractivity contribution >= 4 is 23.6 Å². The van der Waals surface area contributed by atoms with E-state index in [9.17, 15) is 14.4 Å². The lowest BCUT2D eigenvalue weighted by Crippen LogP contribution is -2.37. The number of hydrogen-bond acceptors (Lipinski definition) is 4. The number of carbonyl (C=O) groups excluding carboxylic acids is 3. The van der Waals surface area contributed by atoms with Gasteiger partial charge in [-0.2, -0.15) is 0 Å². The lowest BCUT2D eigenvalue weighted by atomic mass is 10.2. The van der Waals surface area contributed by atoms with Crippen molar-refractivity contribution in [2.45, 2.75) is 39.8 Å². The monoisotopic (exact) mass is 347 g/mol. The quantitative estimate of drug-likeness (QED) is 0.688. The van der Waals surface area contributed by atoms with Crippen LogP contribution >= 0.6 is 0 Å². The van der Waals surface area contributed by atoms with Gasteiger partial charge in [-0.15, -0.1) is 0 Å². The molecule has 0 aliphatic carbocycles. The number of allylic oxidation sites excluding steroid dienone is 1. The molecule has 3 amide bonds. The van der Waals surface area contributed by atoms with Gasteiger partial charge in [-0.3, -0.25) is 9.59 Å². The molecule has 0 aliphatic heterocycles. The molecule has 0 atom stereocenters. The molecule has 7 nitrogen and oxygen atoms in total. The minimum absolute atomic E-state index is 0.159. The third-order valence-electron chi connectivity index (χ3n) is 2.81. The Labute approximate surface area is 147 Å². The fraction of sp³-hybridized carbons (Fsp3) is 0.389. The summed E-state index contributed by atoms with van der Waals surface area (Å²) in [5.74, 6) is -0.520. The van der Waals surface area contributed by atoms with Crippen LogP contribution < -0.4 is 16.0 Å². The van der Waals surface area contributed by atoms with Crippen molar-refractivity contribution in [3.63, 3.8) is 0 Å². The van der Waals surface area contributed by atoms with Crippen molar-refractivity contribution in [1.82, 2.24) is 10.6 Å². The second-order valence-corrected chi connectivity index (χ2v) is 6.32. The first-order valence-corrected chi connectivity index (χ1v) is 7.96. The molecule has 0 bridgehead atoms. The maximum absolute atomic E-state index is 11.8. The van der Waals surface area contributed by atoms with Crippen LogP contribution in [0.5, 0.6) is 0 Å². The molecular weight excluding hydrogens is 322 g/mol. The molecule has 0 fully saturated rings. The summed E-state index contributed by atoms with van der Waals surface area (Å²) in [6.07, 6.45) is 2.47. The Balaban J connectivity index is 2.40. The first kappa shape index (κ1) is 20.2. The smallest absolute Gasteiger partial charge is 0.408 e. The number of hydrogen-bond donors (Lipinski definition) is 3. The Bertz CT molecular complexity index is 631. The van der Waals surface area contributed by atoms with Crippen LogP contribution in [0.25, 0.3) is 0 Å². The Hall–Kier alpha value is -2.83. The molecule has 0 unspecified atom stereocenters. The molecular formula is C18H25N3O4. The highest BCUT2D eigenvalue weighted by Crippen LogP contribution is 2.09. The number of amides is 3. The van der Waals surface area contributed by atoms with E-state index in [1.165, 1.54) is 6.08 Å². The van der Waals surface area contributed by atoms with Gasteiger partial charge in [0.2, 0.25) is 11.8 Å². The molecule has 0 heterocycles. The molecule has 25 heavy (non-hydrogen) atoms. The Morgan fingerprint density at radius 3 is 2.28 bits per heavy atom. The van der Waals surface area contributed by atoms with Gasteiger partial charge in [0.1, 0.15) is 12.1 Å². The zero-order valence-corrected chi connectivity index (χ0v) is 15.0. The van der Waals surface area contributed by atoms with Gasteiger partial charge in [0.15, 0.2) is 0 Å². The summed E-state index contributed by atoms with van der Waals surface area (Å²) in [6.45, 7) is 7.22. The zero-order valence-electron chi connectivity index (χ0n) is 15.0. The van der Waals surface area contributed by atoms with Crippen LogP contribution in [0.3, 0.4) is 0 Å². The molecule has 136 valence electrons. The van der Waals surface area contributed by atoms with E-state index >= 15 is 0 Å². The predicted molar refractivity (Wildman–Crippen MR) is 96.0 cm³/mol. The van der Waals surface area contributed by atoms with Crippen LogP contribution in [0, 0.1) is 0 Å². The van der Waals surface area contributed by atoms with E-state index in [0.29, 0.717) is 12.2 Å². The summed E-state index contributed by atoms with van der Waals surface area (Å²) in [6, 6.07) is 7.05. The first-order valence-electron chi connectivity index (χ1n) is 7.96.